The summed E-state index contributed by atoms with van der Waals surface area (Å²) in [7, 11) is 1.82. The minimum Gasteiger partial charge on any atom is -0.320 e. The Morgan fingerprint density at radius 1 is 1.53 bits per heavy atom. The van der Waals surface area contributed by atoms with Crippen molar-refractivity contribution in [3.63, 3.8) is 0 Å². The number of nitro groups is 1. The van der Waals surface area contributed by atoms with Crippen molar-refractivity contribution in [2.45, 2.75) is 13.3 Å². The van der Waals surface area contributed by atoms with E-state index < -0.39 is 4.92 Å². The van der Waals surface area contributed by atoms with Gasteiger partial charge in [0, 0.05) is 23.6 Å². The van der Waals surface area contributed by atoms with Crippen molar-refractivity contribution >= 4 is 11.5 Å². The number of nitro benzene ring substituents is 1. The van der Waals surface area contributed by atoms with Crippen molar-refractivity contribution < 1.29 is 9.72 Å². The van der Waals surface area contributed by atoms with Crippen molar-refractivity contribution in [1.82, 2.24) is 5.32 Å². The summed E-state index contributed by atoms with van der Waals surface area (Å²) in [6.07, 6.45) is 0.720. The summed E-state index contributed by atoms with van der Waals surface area (Å²) < 4.78 is 0. The van der Waals surface area contributed by atoms with Crippen LogP contribution in [0.3, 0.4) is 0 Å². The van der Waals surface area contributed by atoms with Gasteiger partial charge in [-0.1, -0.05) is 19.1 Å². The SMILES string of the molecule is CNCCC(C)C(=O)c1cccc([N+](=O)[O-])c1. The van der Waals surface area contributed by atoms with Crippen molar-refractivity contribution in [2.75, 3.05) is 13.6 Å². The maximum atomic E-state index is 12.0. The molecule has 0 saturated heterocycles. The Morgan fingerprint density at radius 2 is 2.24 bits per heavy atom. The second kappa shape index (κ2) is 6.10. The minimum atomic E-state index is -0.491. The molecule has 1 unspecified atom stereocenters. The summed E-state index contributed by atoms with van der Waals surface area (Å²) in [6, 6.07) is 5.87. The summed E-state index contributed by atoms with van der Waals surface area (Å²) in [5, 5.41) is 13.6. The number of carbonyl (C=O) groups is 1. The van der Waals surface area contributed by atoms with E-state index >= 15 is 0 Å². The standard InChI is InChI=1S/C12H16N2O3/c1-9(6-7-13-2)12(15)10-4-3-5-11(8-10)14(16)17/h3-5,8-9,13H,6-7H2,1-2H3. The Kier molecular flexibility index (Phi) is 4.78. The lowest BCUT2D eigenvalue weighted by Gasteiger charge is -2.09. The molecule has 1 N–H and O–H groups in total. The summed E-state index contributed by atoms with van der Waals surface area (Å²) in [6.45, 7) is 2.58. The van der Waals surface area contributed by atoms with E-state index in [0.717, 1.165) is 13.0 Å². The molecule has 5 heteroatoms. The topological polar surface area (TPSA) is 72.2 Å². The van der Waals surface area contributed by atoms with Crippen LogP contribution in [0.4, 0.5) is 5.69 Å². The molecule has 17 heavy (non-hydrogen) atoms. The molecule has 0 aliphatic rings. The number of non-ortho nitro benzene ring substituents is 1. The third-order valence-corrected chi connectivity index (χ3v) is 2.62. The molecule has 0 amide bonds. The van der Waals surface area contributed by atoms with Crippen LogP contribution in [0.25, 0.3) is 0 Å². The van der Waals surface area contributed by atoms with Gasteiger partial charge in [0.05, 0.1) is 4.92 Å². The van der Waals surface area contributed by atoms with Crippen molar-refractivity contribution in [3.05, 3.63) is 39.9 Å². The first kappa shape index (κ1) is 13.3. The molecule has 0 fully saturated rings. The van der Waals surface area contributed by atoms with E-state index in [1.165, 1.54) is 18.2 Å². The van der Waals surface area contributed by atoms with Crippen LogP contribution < -0.4 is 5.32 Å². The summed E-state index contributed by atoms with van der Waals surface area (Å²) >= 11 is 0. The Bertz CT molecular complexity index is 418. The van der Waals surface area contributed by atoms with Gasteiger partial charge in [0.15, 0.2) is 5.78 Å². The predicted molar refractivity (Wildman–Crippen MR) is 65.1 cm³/mol. The third-order valence-electron chi connectivity index (χ3n) is 2.62. The third kappa shape index (κ3) is 3.64. The van der Waals surface area contributed by atoms with Gasteiger partial charge in [-0.15, -0.1) is 0 Å². The Labute approximate surface area is 100.0 Å². The highest BCUT2D eigenvalue weighted by Gasteiger charge is 2.17. The van der Waals surface area contributed by atoms with E-state index in [-0.39, 0.29) is 17.4 Å². The summed E-state index contributed by atoms with van der Waals surface area (Å²) in [5.74, 6) is -0.187. The van der Waals surface area contributed by atoms with Crippen LogP contribution in [0.15, 0.2) is 24.3 Å². The van der Waals surface area contributed by atoms with Crippen LogP contribution in [0.5, 0.6) is 0 Å². The van der Waals surface area contributed by atoms with Crippen molar-refractivity contribution in [1.29, 1.82) is 0 Å². The zero-order valence-corrected chi connectivity index (χ0v) is 9.97. The lowest BCUT2D eigenvalue weighted by atomic mass is 9.96. The lowest BCUT2D eigenvalue weighted by molar-refractivity contribution is -0.384. The first-order chi connectivity index (χ1) is 8.06. The molecule has 0 saturated carbocycles. The van der Waals surface area contributed by atoms with Gasteiger partial charge in [-0.05, 0) is 20.0 Å². The number of Topliss-reactive ketones (excluding diaryl/α,β-unsaturated/α-hetero) is 1. The van der Waals surface area contributed by atoms with Crippen molar-refractivity contribution in [2.24, 2.45) is 5.92 Å². The molecule has 92 valence electrons. The molecule has 0 aliphatic heterocycles. The van der Waals surface area contributed by atoms with Gasteiger partial charge in [-0.2, -0.15) is 0 Å². The van der Waals surface area contributed by atoms with E-state index in [0.29, 0.717) is 5.56 Å². The lowest BCUT2D eigenvalue weighted by Crippen LogP contribution is -2.18. The largest absolute Gasteiger partial charge is 0.320 e. The smallest absolute Gasteiger partial charge is 0.270 e. The van der Waals surface area contributed by atoms with E-state index in [2.05, 4.69) is 5.32 Å². The van der Waals surface area contributed by atoms with Crippen LogP contribution >= 0.6 is 0 Å². The molecule has 0 aromatic heterocycles. The Morgan fingerprint density at radius 3 is 2.82 bits per heavy atom. The molecule has 1 atom stereocenters. The highest BCUT2D eigenvalue weighted by molar-refractivity contribution is 5.98. The number of nitrogens with one attached hydrogen (secondary N) is 1. The van der Waals surface area contributed by atoms with Crippen LogP contribution in [-0.4, -0.2) is 24.3 Å². The monoisotopic (exact) mass is 236 g/mol. The predicted octanol–water partition coefficient (Wildman–Crippen LogP) is 2.02. The van der Waals surface area contributed by atoms with Crippen LogP contribution in [0.2, 0.25) is 0 Å². The molecule has 0 spiro atoms. The minimum absolute atomic E-state index is 0.0448. The quantitative estimate of drug-likeness (QED) is 0.466. The zero-order chi connectivity index (χ0) is 12.8. The van der Waals surface area contributed by atoms with Gasteiger partial charge >= 0.3 is 0 Å². The first-order valence-corrected chi connectivity index (χ1v) is 5.49. The number of carbonyl (C=O) groups excluding carboxylic acids is 1. The fraction of sp³-hybridized carbons (Fsp3) is 0.417. The van der Waals surface area contributed by atoms with E-state index in [1.807, 2.05) is 14.0 Å². The van der Waals surface area contributed by atoms with Gasteiger partial charge in [0.2, 0.25) is 0 Å². The molecular weight excluding hydrogens is 220 g/mol. The Hall–Kier alpha value is -1.75. The maximum absolute atomic E-state index is 12.0. The average molecular weight is 236 g/mol. The molecule has 0 heterocycles. The number of ketones is 1. The second-order valence-electron chi connectivity index (χ2n) is 3.96. The van der Waals surface area contributed by atoms with Gasteiger partial charge < -0.3 is 5.32 Å². The molecule has 1 rings (SSSR count). The molecule has 1 aromatic rings. The van der Waals surface area contributed by atoms with Crippen molar-refractivity contribution in [3.8, 4) is 0 Å². The van der Waals surface area contributed by atoms with Crippen LogP contribution in [0.1, 0.15) is 23.7 Å². The molecule has 0 aliphatic carbocycles. The second-order valence-corrected chi connectivity index (χ2v) is 3.96. The van der Waals surface area contributed by atoms with Gasteiger partial charge in [-0.3, -0.25) is 14.9 Å². The molecule has 5 nitrogen and oxygen atoms in total. The normalized spacial score (nSPS) is 12.1. The summed E-state index contributed by atoms with van der Waals surface area (Å²) in [4.78, 5) is 22.1. The highest BCUT2D eigenvalue weighted by atomic mass is 16.6. The zero-order valence-electron chi connectivity index (χ0n) is 9.97. The fourth-order valence-corrected chi connectivity index (χ4v) is 1.55. The number of benzene rings is 1. The van der Waals surface area contributed by atoms with Gasteiger partial charge in [0.1, 0.15) is 0 Å². The van der Waals surface area contributed by atoms with E-state index in [4.69, 9.17) is 0 Å². The number of hydrogen-bond donors (Lipinski definition) is 1. The van der Waals surface area contributed by atoms with Gasteiger partial charge in [0.25, 0.3) is 5.69 Å². The molecule has 1 aromatic carbocycles. The van der Waals surface area contributed by atoms with Crippen LogP contribution in [-0.2, 0) is 0 Å². The average Bonchev–Trinajstić information content (AvgIpc) is 2.35. The van der Waals surface area contributed by atoms with Crippen LogP contribution in [0, 0.1) is 16.0 Å². The number of hydrogen-bond acceptors (Lipinski definition) is 4. The number of nitrogens with zero attached hydrogens (tertiary/aromatic N) is 1. The Balaban J connectivity index is 2.81. The van der Waals surface area contributed by atoms with E-state index in [9.17, 15) is 14.9 Å². The molecule has 0 bridgehead atoms. The van der Waals surface area contributed by atoms with Gasteiger partial charge in [-0.25, -0.2) is 0 Å². The molecular formula is C12H16N2O3. The number of rotatable bonds is 6. The summed E-state index contributed by atoms with van der Waals surface area (Å²) in [5.41, 5.74) is 0.361. The molecule has 0 radical (unpaired) electrons. The highest BCUT2D eigenvalue weighted by Crippen LogP contribution is 2.17. The fourth-order valence-electron chi connectivity index (χ4n) is 1.55. The van der Waals surface area contributed by atoms with E-state index in [1.54, 1.807) is 6.07 Å². The maximum Gasteiger partial charge on any atom is 0.270 e. The first-order valence-electron chi connectivity index (χ1n) is 5.49.